The number of unbranched alkanes of at least 4 members (excludes halogenated alkanes) is 2. The van der Waals surface area contributed by atoms with E-state index in [1.807, 2.05) is 54.6 Å². The van der Waals surface area contributed by atoms with Gasteiger partial charge in [-0.3, -0.25) is 0 Å². The van der Waals surface area contributed by atoms with Crippen molar-refractivity contribution in [3.05, 3.63) is 83.9 Å². The summed E-state index contributed by atoms with van der Waals surface area (Å²) >= 11 is 0. The lowest BCUT2D eigenvalue weighted by atomic mass is 9.92. The highest BCUT2D eigenvalue weighted by Crippen LogP contribution is 2.33. The molecule has 0 N–H and O–H groups in total. The van der Waals surface area contributed by atoms with Crippen molar-refractivity contribution >= 4 is 11.9 Å². The van der Waals surface area contributed by atoms with Crippen molar-refractivity contribution in [1.29, 1.82) is 0 Å². The summed E-state index contributed by atoms with van der Waals surface area (Å²) in [5.74, 6) is -0.620. The van der Waals surface area contributed by atoms with E-state index >= 15 is 0 Å². The minimum Gasteiger partial charge on any atom is -0.462 e. The number of ether oxygens (including phenoxy) is 2. The van der Waals surface area contributed by atoms with Crippen LogP contribution < -0.4 is 0 Å². The molecule has 0 aliphatic heterocycles. The van der Waals surface area contributed by atoms with Gasteiger partial charge in [-0.15, -0.1) is 0 Å². The Morgan fingerprint density at radius 2 is 1.16 bits per heavy atom. The highest BCUT2D eigenvalue weighted by molar-refractivity contribution is 5.95. The standard InChI is InChI=1S/C28H30O4/c1-3-5-18-31-27(29)23-14-12-22(13-15-23)25-17-16-24(28(30)32-19-6-4-2)20-26(25)21-10-8-7-9-11-21/h7-17,20H,3-6,18-19H2,1-2H3. The third kappa shape index (κ3) is 6.07. The molecule has 0 saturated heterocycles. The maximum Gasteiger partial charge on any atom is 0.338 e. The van der Waals surface area contributed by atoms with Crippen molar-refractivity contribution < 1.29 is 19.1 Å². The molecule has 0 fully saturated rings. The smallest absolute Gasteiger partial charge is 0.338 e. The highest BCUT2D eigenvalue weighted by atomic mass is 16.5. The fourth-order valence-corrected chi connectivity index (χ4v) is 3.35. The Balaban J connectivity index is 1.90. The van der Waals surface area contributed by atoms with E-state index in [4.69, 9.17) is 9.47 Å². The zero-order valence-electron chi connectivity index (χ0n) is 18.8. The summed E-state index contributed by atoms with van der Waals surface area (Å²) in [7, 11) is 0. The van der Waals surface area contributed by atoms with Crippen LogP contribution in [0.15, 0.2) is 72.8 Å². The largest absolute Gasteiger partial charge is 0.462 e. The first-order valence-corrected chi connectivity index (χ1v) is 11.3. The molecule has 0 aliphatic carbocycles. The van der Waals surface area contributed by atoms with Crippen molar-refractivity contribution in [1.82, 2.24) is 0 Å². The normalized spacial score (nSPS) is 10.6. The van der Waals surface area contributed by atoms with Gasteiger partial charge in [0.15, 0.2) is 0 Å². The zero-order valence-corrected chi connectivity index (χ0v) is 18.8. The first-order valence-electron chi connectivity index (χ1n) is 11.3. The second-order valence-corrected chi connectivity index (χ2v) is 7.68. The van der Waals surface area contributed by atoms with Crippen molar-refractivity contribution in [2.45, 2.75) is 39.5 Å². The summed E-state index contributed by atoms with van der Waals surface area (Å²) in [5, 5.41) is 0. The van der Waals surface area contributed by atoms with Crippen LogP contribution >= 0.6 is 0 Å². The maximum atomic E-state index is 12.5. The Kier molecular flexibility index (Phi) is 8.61. The van der Waals surface area contributed by atoms with Gasteiger partial charge in [-0.05, 0) is 59.4 Å². The van der Waals surface area contributed by atoms with E-state index in [2.05, 4.69) is 13.8 Å². The average molecular weight is 431 g/mol. The molecular weight excluding hydrogens is 400 g/mol. The van der Waals surface area contributed by atoms with Gasteiger partial charge in [-0.1, -0.05) is 75.2 Å². The number of hydrogen-bond acceptors (Lipinski definition) is 4. The van der Waals surface area contributed by atoms with Gasteiger partial charge in [-0.25, -0.2) is 9.59 Å². The molecule has 32 heavy (non-hydrogen) atoms. The fraction of sp³-hybridized carbons (Fsp3) is 0.286. The van der Waals surface area contributed by atoms with E-state index in [0.717, 1.165) is 47.9 Å². The Morgan fingerprint density at radius 3 is 1.75 bits per heavy atom. The summed E-state index contributed by atoms with van der Waals surface area (Å²) in [6.45, 7) is 4.98. The first kappa shape index (κ1) is 23.3. The molecule has 0 bridgehead atoms. The molecule has 0 aromatic heterocycles. The maximum absolute atomic E-state index is 12.5. The number of hydrogen-bond donors (Lipinski definition) is 0. The SMILES string of the molecule is CCCCOC(=O)c1ccc(-c2ccc(C(=O)OCCCC)cc2-c2ccccc2)cc1. The predicted octanol–water partition coefficient (Wildman–Crippen LogP) is 6.93. The van der Waals surface area contributed by atoms with Gasteiger partial charge in [0.05, 0.1) is 24.3 Å². The van der Waals surface area contributed by atoms with Crippen LogP contribution in [0.3, 0.4) is 0 Å². The molecule has 0 radical (unpaired) electrons. The van der Waals surface area contributed by atoms with Crippen molar-refractivity contribution in [3.8, 4) is 22.3 Å². The van der Waals surface area contributed by atoms with E-state index < -0.39 is 0 Å². The monoisotopic (exact) mass is 430 g/mol. The number of carbonyl (C=O) groups is 2. The van der Waals surface area contributed by atoms with Crippen LogP contribution in [0.25, 0.3) is 22.3 Å². The van der Waals surface area contributed by atoms with Crippen LogP contribution in [0.5, 0.6) is 0 Å². The van der Waals surface area contributed by atoms with Gasteiger partial charge in [0.2, 0.25) is 0 Å². The molecule has 4 nitrogen and oxygen atoms in total. The molecule has 0 spiro atoms. The average Bonchev–Trinajstić information content (AvgIpc) is 2.84. The van der Waals surface area contributed by atoms with Crippen molar-refractivity contribution in [2.24, 2.45) is 0 Å². The number of benzene rings is 3. The molecule has 0 unspecified atom stereocenters. The molecule has 0 aliphatic rings. The van der Waals surface area contributed by atoms with Crippen LogP contribution in [0.2, 0.25) is 0 Å². The van der Waals surface area contributed by atoms with E-state index in [1.54, 1.807) is 18.2 Å². The summed E-state index contributed by atoms with van der Waals surface area (Å²) in [6, 6.07) is 23.0. The lowest BCUT2D eigenvalue weighted by Crippen LogP contribution is -2.07. The Morgan fingerprint density at radius 1 is 0.625 bits per heavy atom. The molecule has 0 amide bonds. The number of carbonyl (C=O) groups excluding carboxylic acids is 2. The predicted molar refractivity (Wildman–Crippen MR) is 128 cm³/mol. The minimum atomic E-state index is -0.313. The topological polar surface area (TPSA) is 52.6 Å². The quantitative estimate of drug-likeness (QED) is 0.258. The Labute approximate surface area is 190 Å². The van der Waals surface area contributed by atoms with E-state index in [0.29, 0.717) is 24.3 Å². The van der Waals surface area contributed by atoms with Gasteiger partial charge >= 0.3 is 11.9 Å². The van der Waals surface area contributed by atoms with E-state index in [1.165, 1.54) is 0 Å². The van der Waals surface area contributed by atoms with Gasteiger partial charge < -0.3 is 9.47 Å². The van der Waals surface area contributed by atoms with Gasteiger partial charge in [0, 0.05) is 0 Å². The molecule has 166 valence electrons. The summed E-state index contributed by atoms with van der Waals surface area (Å²) in [5.41, 5.74) is 4.94. The van der Waals surface area contributed by atoms with Crippen LogP contribution in [0, 0.1) is 0 Å². The Hall–Kier alpha value is -3.40. The van der Waals surface area contributed by atoms with Gasteiger partial charge in [0.25, 0.3) is 0 Å². The molecule has 0 heterocycles. The van der Waals surface area contributed by atoms with Crippen LogP contribution in [0.1, 0.15) is 60.2 Å². The summed E-state index contributed by atoms with van der Waals surface area (Å²) in [6.07, 6.45) is 3.67. The van der Waals surface area contributed by atoms with E-state index in [9.17, 15) is 9.59 Å². The second-order valence-electron chi connectivity index (χ2n) is 7.68. The van der Waals surface area contributed by atoms with Crippen LogP contribution in [-0.2, 0) is 9.47 Å². The lowest BCUT2D eigenvalue weighted by Gasteiger charge is -2.13. The highest BCUT2D eigenvalue weighted by Gasteiger charge is 2.14. The van der Waals surface area contributed by atoms with Crippen molar-refractivity contribution in [3.63, 3.8) is 0 Å². The zero-order chi connectivity index (χ0) is 22.8. The van der Waals surface area contributed by atoms with Crippen LogP contribution in [0.4, 0.5) is 0 Å². The molecule has 0 saturated carbocycles. The van der Waals surface area contributed by atoms with Crippen LogP contribution in [-0.4, -0.2) is 25.2 Å². The fourth-order valence-electron chi connectivity index (χ4n) is 3.35. The summed E-state index contributed by atoms with van der Waals surface area (Å²) in [4.78, 5) is 24.7. The molecule has 3 aromatic carbocycles. The molecule has 3 aromatic rings. The summed E-state index contributed by atoms with van der Waals surface area (Å²) < 4.78 is 10.7. The number of esters is 2. The van der Waals surface area contributed by atoms with Crippen molar-refractivity contribution in [2.75, 3.05) is 13.2 Å². The molecule has 0 atom stereocenters. The first-order chi connectivity index (χ1) is 15.6. The van der Waals surface area contributed by atoms with Gasteiger partial charge in [-0.2, -0.15) is 0 Å². The molecule has 4 heteroatoms. The van der Waals surface area contributed by atoms with E-state index in [-0.39, 0.29) is 11.9 Å². The third-order valence-corrected chi connectivity index (χ3v) is 5.23. The number of rotatable bonds is 10. The third-order valence-electron chi connectivity index (χ3n) is 5.23. The van der Waals surface area contributed by atoms with Gasteiger partial charge in [0.1, 0.15) is 0 Å². The molecule has 3 rings (SSSR count). The lowest BCUT2D eigenvalue weighted by molar-refractivity contribution is 0.0490. The Bertz CT molecular complexity index is 1020. The second kappa shape index (κ2) is 11.8. The molecular formula is C28H30O4. The minimum absolute atomic E-state index is 0.307.